The van der Waals surface area contributed by atoms with E-state index in [2.05, 4.69) is 0 Å². The van der Waals surface area contributed by atoms with E-state index in [1.165, 1.54) is 0 Å². The lowest BCUT2D eigenvalue weighted by Crippen LogP contribution is -2.28. The quantitative estimate of drug-likeness (QED) is 0.536. The highest BCUT2D eigenvalue weighted by molar-refractivity contribution is 6.40. The molecule has 3 nitrogen and oxygen atoms in total. The van der Waals surface area contributed by atoms with Crippen LogP contribution in [-0.2, 0) is 0 Å². The van der Waals surface area contributed by atoms with Gasteiger partial charge in [-0.1, -0.05) is 13.8 Å². The average Bonchev–Trinajstić information content (AvgIpc) is 1.81. The highest BCUT2D eigenvalue weighted by Gasteiger charge is 2.23. The van der Waals surface area contributed by atoms with Crippen molar-refractivity contribution in [3.8, 4) is 0 Å². The zero-order valence-corrected chi connectivity index (χ0v) is 8.12. The van der Waals surface area contributed by atoms with Gasteiger partial charge in [0.05, 0.1) is 5.60 Å². The van der Waals surface area contributed by atoms with Crippen molar-refractivity contribution >= 4 is 7.12 Å². The Balaban J connectivity index is 3.71. The predicted octanol–water partition coefficient (Wildman–Crippen LogP) is 0.646. The summed E-state index contributed by atoms with van der Waals surface area (Å²) < 4.78 is 0. The molecule has 0 aliphatic carbocycles. The van der Waals surface area contributed by atoms with Gasteiger partial charge in [0.15, 0.2) is 0 Å². The van der Waals surface area contributed by atoms with Crippen molar-refractivity contribution in [3.63, 3.8) is 0 Å². The summed E-state index contributed by atoms with van der Waals surface area (Å²) >= 11 is 0. The monoisotopic (exact) mass is 174 g/mol. The van der Waals surface area contributed by atoms with Crippen molar-refractivity contribution < 1.29 is 15.2 Å². The SMILES string of the molecule is CC(C)CC(C)(O)CCB(O)O. The molecule has 3 N–H and O–H groups in total. The van der Waals surface area contributed by atoms with Crippen molar-refractivity contribution in [3.05, 3.63) is 0 Å². The molecule has 0 rings (SSSR count). The Morgan fingerprint density at radius 2 is 1.83 bits per heavy atom. The minimum atomic E-state index is -1.30. The van der Waals surface area contributed by atoms with Gasteiger partial charge in [-0.2, -0.15) is 0 Å². The predicted molar refractivity (Wildman–Crippen MR) is 49.7 cm³/mol. The van der Waals surface area contributed by atoms with Crippen LogP contribution < -0.4 is 0 Å². The van der Waals surface area contributed by atoms with Gasteiger partial charge in [-0.25, -0.2) is 0 Å². The molecular weight excluding hydrogens is 155 g/mol. The molecule has 0 fully saturated rings. The van der Waals surface area contributed by atoms with Gasteiger partial charge in [0.25, 0.3) is 0 Å². The first-order chi connectivity index (χ1) is 5.33. The fraction of sp³-hybridized carbons (Fsp3) is 1.00. The Kier molecular flexibility index (Phi) is 4.82. The minimum absolute atomic E-state index is 0.236. The fourth-order valence-corrected chi connectivity index (χ4v) is 1.42. The van der Waals surface area contributed by atoms with Crippen molar-refractivity contribution in [1.29, 1.82) is 0 Å². The molecule has 0 bridgehead atoms. The summed E-state index contributed by atoms with van der Waals surface area (Å²) in [6.45, 7) is 5.79. The van der Waals surface area contributed by atoms with Crippen LogP contribution >= 0.6 is 0 Å². The third-order valence-electron chi connectivity index (χ3n) is 1.79. The van der Waals surface area contributed by atoms with E-state index < -0.39 is 12.7 Å². The molecule has 0 aromatic heterocycles. The summed E-state index contributed by atoms with van der Waals surface area (Å²) in [5.41, 5.74) is -0.766. The Bertz CT molecular complexity index is 123. The highest BCUT2D eigenvalue weighted by atomic mass is 16.4. The van der Waals surface area contributed by atoms with E-state index in [-0.39, 0.29) is 6.32 Å². The van der Waals surface area contributed by atoms with E-state index in [4.69, 9.17) is 10.0 Å². The lowest BCUT2D eigenvalue weighted by Gasteiger charge is -2.25. The largest absolute Gasteiger partial charge is 0.451 e. The van der Waals surface area contributed by atoms with Crippen LogP contribution in [0.25, 0.3) is 0 Å². The normalized spacial score (nSPS) is 16.2. The van der Waals surface area contributed by atoms with E-state index in [1.807, 2.05) is 13.8 Å². The van der Waals surface area contributed by atoms with Crippen molar-refractivity contribution in [1.82, 2.24) is 0 Å². The first kappa shape index (κ1) is 11.9. The molecule has 0 radical (unpaired) electrons. The van der Waals surface area contributed by atoms with Crippen molar-refractivity contribution in [2.75, 3.05) is 0 Å². The molecule has 1 unspecified atom stereocenters. The third kappa shape index (κ3) is 6.64. The molecule has 0 aliphatic heterocycles. The first-order valence-corrected chi connectivity index (χ1v) is 4.42. The maximum absolute atomic E-state index is 9.71. The zero-order valence-electron chi connectivity index (χ0n) is 8.12. The van der Waals surface area contributed by atoms with Gasteiger partial charge in [0.1, 0.15) is 0 Å². The van der Waals surface area contributed by atoms with Crippen LogP contribution in [-0.4, -0.2) is 27.9 Å². The number of hydrogen-bond donors (Lipinski definition) is 3. The third-order valence-corrected chi connectivity index (χ3v) is 1.79. The maximum atomic E-state index is 9.71. The minimum Gasteiger partial charge on any atom is -0.427 e. The van der Waals surface area contributed by atoms with Crippen LogP contribution in [0.1, 0.15) is 33.6 Å². The Morgan fingerprint density at radius 1 is 1.33 bits per heavy atom. The van der Waals surface area contributed by atoms with Crippen LogP contribution in [0.3, 0.4) is 0 Å². The lowest BCUT2D eigenvalue weighted by molar-refractivity contribution is 0.0332. The Morgan fingerprint density at radius 3 is 2.17 bits per heavy atom. The van der Waals surface area contributed by atoms with Crippen LogP contribution in [0.15, 0.2) is 0 Å². The summed E-state index contributed by atoms with van der Waals surface area (Å²) in [6.07, 6.45) is 1.36. The molecule has 0 amide bonds. The fourth-order valence-electron chi connectivity index (χ4n) is 1.42. The van der Waals surface area contributed by atoms with E-state index in [0.717, 1.165) is 0 Å². The van der Waals surface area contributed by atoms with Crippen molar-refractivity contribution in [2.24, 2.45) is 5.92 Å². The molecule has 72 valence electrons. The summed E-state index contributed by atoms with van der Waals surface area (Å²) in [6, 6.07) is 0. The smallest absolute Gasteiger partial charge is 0.427 e. The number of hydrogen-bond acceptors (Lipinski definition) is 3. The summed E-state index contributed by atoms with van der Waals surface area (Å²) in [5, 5.41) is 26.9. The summed E-state index contributed by atoms with van der Waals surface area (Å²) in [4.78, 5) is 0. The molecular formula is C8H19BO3. The molecule has 0 aromatic carbocycles. The topological polar surface area (TPSA) is 60.7 Å². The van der Waals surface area contributed by atoms with Crippen LogP contribution in [0, 0.1) is 5.92 Å². The Labute approximate surface area is 74.6 Å². The van der Waals surface area contributed by atoms with Crippen LogP contribution in [0.4, 0.5) is 0 Å². The molecule has 0 aliphatic rings. The zero-order chi connectivity index (χ0) is 9.78. The number of aliphatic hydroxyl groups is 1. The second kappa shape index (κ2) is 4.85. The molecule has 0 saturated carbocycles. The second-order valence-corrected chi connectivity index (χ2v) is 4.11. The van der Waals surface area contributed by atoms with Crippen LogP contribution in [0.2, 0.25) is 6.32 Å². The lowest BCUT2D eigenvalue weighted by atomic mass is 9.78. The average molecular weight is 174 g/mol. The van der Waals surface area contributed by atoms with Gasteiger partial charge in [-0.15, -0.1) is 0 Å². The summed E-state index contributed by atoms with van der Waals surface area (Å²) in [7, 11) is -1.30. The van der Waals surface area contributed by atoms with Crippen LogP contribution in [0.5, 0.6) is 0 Å². The summed E-state index contributed by atoms with van der Waals surface area (Å²) in [5.74, 6) is 0.427. The molecule has 0 aromatic rings. The van der Waals surface area contributed by atoms with Crippen molar-refractivity contribution in [2.45, 2.75) is 45.5 Å². The van der Waals surface area contributed by atoms with Gasteiger partial charge in [-0.05, 0) is 32.0 Å². The van der Waals surface area contributed by atoms with Gasteiger partial charge in [0, 0.05) is 0 Å². The maximum Gasteiger partial charge on any atom is 0.451 e. The molecule has 12 heavy (non-hydrogen) atoms. The standard InChI is InChI=1S/C8H19BO3/c1-7(2)6-8(3,10)4-5-9(11)12/h7,10-12H,4-6H2,1-3H3. The van der Waals surface area contributed by atoms with Gasteiger partial charge in [0.2, 0.25) is 0 Å². The van der Waals surface area contributed by atoms with Gasteiger partial charge in [-0.3, -0.25) is 0 Å². The molecule has 1 atom stereocenters. The van der Waals surface area contributed by atoms with E-state index in [1.54, 1.807) is 6.92 Å². The molecule has 0 spiro atoms. The van der Waals surface area contributed by atoms with E-state index in [0.29, 0.717) is 18.8 Å². The highest BCUT2D eigenvalue weighted by Crippen LogP contribution is 2.21. The first-order valence-electron chi connectivity index (χ1n) is 4.42. The van der Waals surface area contributed by atoms with Gasteiger partial charge < -0.3 is 15.2 Å². The Hall–Kier alpha value is -0.0551. The van der Waals surface area contributed by atoms with E-state index in [9.17, 15) is 5.11 Å². The van der Waals surface area contributed by atoms with E-state index >= 15 is 0 Å². The second-order valence-electron chi connectivity index (χ2n) is 4.11. The molecule has 0 saturated heterocycles. The number of rotatable bonds is 5. The molecule has 0 heterocycles. The van der Waals surface area contributed by atoms with Gasteiger partial charge >= 0.3 is 7.12 Å². The molecule has 4 heteroatoms.